The molecule has 1 aliphatic rings. The Morgan fingerprint density at radius 3 is 3.00 bits per heavy atom. The van der Waals surface area contributed by atoms with E-state index in [-0.39, 0.29) is 11.9 Å². The van der Waals surface area contributed by atoms with Crippen LogP contribution in [0.2, 0.25) is 0 Å². The minimum Gasteiger partial charge on any atom is -0.461 e. The van der Waals surface area contributed by atoms with Crippen molar-refractivity contribution in [3.05, 3.63) is 46.2 Å². The number of esters is 1. The minimum absolute atomic E-state index is 0.284. The van der Waals surface area contributed by atoms with Gasteiger partial charge in [-0.15, -0.1) is 23.1 Å². The predicted octanol–water partition coefficient (Wildman–Crippen LogP) is 3.38. The number of anilines is 1. The SMILES string of the molecule is Nc1ccsc1C(=O)OCC1CSc2ccccc21. The Labute approximate surface area is 119 Å². The maximum absolute atomic E-state index is 11.9. The van der Waals surface area contributed by atoms with E-state index in [1.54, 1.807) is 11.4 Å². The van der Waals surface area contributed by atoms with E-state index in [4.69, 9.17) is 10.5 Å². The molecular formula is C14H13NO2S2. The maximum Gasteiger partial charge on any atom is 0.350 e. The second-order valence-corrected chi connectivity index (χ2v) is 6.33. The van der Waals surface area contributed by atoms with Gasteiger partial charge in [-0.05, 0) is 23.1 Å². The highest BCUT2D eigenvalue weighted by atomic mass is 32.2. The number of fused-ring (bicyclic) bond motifs is 1. The smallest absolute Gasteiger partial charge is 0.350 e. The lowest BCUT2D eigenvalue weighted by Crippen LogP contribution is -2.13. The van der Waals surface area contributed by atoms with Crippen LogP contribution < -0.4 is 5.73 Å². The molecule has 3 rings (SSSR count). The summed E-state index contributed by atoms with van der Waals surface area (Å²) >= 11 is 3.14. The van der Waals surface area contributed by atoms with Gasteiger partial charge in [0.05, 0.1) is 12.3 Å². The summed E-state index contributed by atoms with van der Waals surface area (Å²) in [6, 6.07) is 10.00. The van der Waals surface area contributed by atoms with Crippen LogP contribution in [0.4, 0.5) is 5.69 Å². The fraction of sp³-hybridized carbons (Fsp3) is 0.214. The highest BCUT2D eigenvalue weighted by molar-refractivity contribution is 7.99. The molecule has 0 radical (unpaired) electrons. The Morgan fingerprint density at radius 2 is 2.21 bits per heavy atom. The number of rotatable bonds is 3. The van der Waals surface area contributed by atoms with E-state index in [9.17, 15) is 4.79 Å². The lowest BCUT2D eigenvalue weighted by atomic mass is 10.0. The number of hydrogen-bond acceptors (Lipinski definition) is 5. The van der Waals surface area contributed by atoms with Crippen molar-refractivity contribution in [3.63, 3.8) is 0 Å². The first-order chi connectivity index (χ1) is 9.25. The Balaban J connectivity index is 1.65. The number of hydrogen-bond donors (Lipinski definition) is 1. The van der Waals surface area contributed by atoms with E-state index < -0.39 is 0 Å². The molecule has 0 spiro atoms. The van der Waals surface area contributed by atoms with E-state index in [2.05, 4.69) is 12.1 Å². The van der Waals surface area contributed by atoms with Crippen molar-refractivity contribution in [2.75, 3.05) is 18.1 Å². The summed E-state index contributed by atoms with van der Waals surface area (Å²) in [5.41, 5.74) is 7.48. The summed E-state index contributed by atoms with van der Waals surface area (Å²) < 4.78 is 5.39. The Hall–Kier alpha value is -1.46. The molecule has 1 aromatic heterocycles. The fourth-order valence-corrected chi connectivity index (χ4v) is 4.04. The first kappa shape index (κ1) is 12.6. The first-order valence-corrected chi connectivity index (χ1v) is 7.84. The van der Waals surface area contributed by atoms with Gasteiger partial charge in [-0.2, -0.15) is 0 Å². The van der Waals surface area contributed by atoms with Gasteiger partial charge >= 0.3 is 5.97 Å². The van der Waals surface area contributed by atoms with Crippen molar-refractivity contribution in [1.82, 2.24) is 0 Å². The van der Waals surface area contributed by atoms with E-state index >= 15 is 0 Å². The van der Waals surface area contributed by atoms with Gasteiger partial charge in [-0.1, -0.05) is 18.2 Å². The molecule has 1 aliphatic heterocycles. The molecule has 98 valence electrons. The molecule has 0 aliphatic carbocycles. The van der Waals surface area contributed by atoms with Gasteiger partial charge in [0.15, 0.2) is 0 Å². The summed E-state index contributed by atoms with van der Waals surface area (Å²) in [6.07, 6.45) is 0. The van der Waals surface area contributed by atoms with Crippen LogP contribution in [0.25, 0.3) is 0 Å². The molecule has 3 nitrogen and oxygen atoms in total. The quantitative estimate of drug-likeness (QED) is 0.881. The van der Waals surface area contributed by atoms with Crippen LogP contribution in [0.1, 0.15) is 21.2 Å². The second kappa shape index (κ2) is 5.27. The number of thioether (sulfide) groups is 1. The molecule has 19 heavy (non-hydrogen) atoms. The molecule has 0 fully saturated rings. The summed E-state index contributed by atoms with van der Waals surface area (Å²) in [5, 5.41) is 1.80. The molecule has 0 saturated heterocycles. The lowest BCUT2D eigenvalue weighted by molar-refractivity contribution is 0.0494. The van der Waals surface area contributed by atoms with E-state index in [1.807, 2.05) is 23.9 Å². The van der Waals surface area contributed by atoms with Gasteiger partial charge in [0.1, 0.15) is 4.88 Å². The lowest BCUT2D eigenvalue weighted by Gasteiger charge is -2.11. The monoisotopic (exact) mass is 291 g/mol. The van der Waals surface area contributed by atoms with Crippen molar-refractivity contribution in [1.29, 1.82) is 0 Å². The van der Waals surface area contributed by atoms with Gasteiger partial charge in [0, 0.05) is 16.6 Å². The Kier molecular flexibility index (Phi) is 3.48. The molecule has 2 heterocycles. The molecule has 5 heteroatoms. The molecule has 0 saturated carbocycles. The number of carbonyl (C=O) groups excluding carboxylic acids is 1. The van der Waals surface area contributed by atoms with Gasteiger partial charge < -0.3 is 10.5 Å². The van der Waals surface area contributed by atoms with Crippen molar-refractivity contribution in [3.8, 4) is 0 Å². The van der Waals surface area contributed by atoms with Crippen molar-refractivity contribution in [2.24, 2.45) is 0 Å². The molecule has 2 N–H and O–H groups in total. The maximum atomic E-state index is 11.9. The van der Waals surface area contributed by atoms with Gasteiger partial charge in [0.2, 0.25) is 0 Å². The number of nitrogens with two attached hydrogens (primary N) is 1. The molecule has 1 unspecified atom stereocenters. The molecule has 0 amide bonds. The highest BCUT2D eigenvalue weighted by Crippen LogP contribution is 2.39. The fourth-order valence-electron chi connectivity index (χ4n) is 2.09. The zero-order valence-electron chi connectivity index (χ0n) is 10.2. The van der Waals surface area contributed by atoms with Crippen LogP contribution in [-0.2, 0) is 4.74 Å². The predicted molar refractivity (Wildman–Crippen MR) is 78.9 cm³/mol. The number of thiophene rings is 1. The molecule has 1 aromatic carbocycles. The number of benzene rings is 1. The minimum atomic E-state index is -0.318. The first-order valence-electron chi connectivity index (χ1n) is 5.97. The summed E-state index contributed by atoms with van der Waals surface area (Å²) in [4.78, 5) is 13.7. The van der Waals surface area contributed by atoms with Crippen LogP contribution in [0.15, 0.2) is 40.6 Å². The third-order valence-electron chi connectivity index (χ3n) is 3.10. The zero-order valence-corrected chi connectivity index (χ0v) is 11.8. The highest BCUT2D eigenvalue weighted by Gasteiger charge is 2.24. The van der Waals surface area contributed by atoms with E-state index in [1.165, 1.54) is 21.8 Å². The topological polar surface area (TPSA) is 52.3 Å². The van der Waals surface area contributed by atoms with Crippen LogP contribution in [0, 0.1) is 0 Å². The third kappa shape index (κ3) is 2.48. The van der Waals surface area contributed by atoms with E-state index in [0.717, 1.165) is 5.75 Å². The van der Waals surface area contributed by atoms with Crippen molar-refractivity contribution < 1.29 is 9.53 Å². The standard InChI is InChI=1S/C14H13NO2S2/c15-11-5-6-18-13(11)14(16)17-7-9-8-19-12-4-2-1-3-10(9)12/h1-6,9H,7-8,15H2. The number of carbonyl (C=O) groups is 1. The normalized spacial score (nSPS) is 17.2. The van der Waals surface area contributed by atoms with Crippen molar-refractivity contribution in [2.45, 2.75) is 10.8 Å². The van der Waals surface area contributed by atoms with Gasteiger partial charge in [-0.3, -0.25) is 0 Å². The van der Waals surface area contributed by atoms with Gasteiger partial charge in [0.25, 0.3) is 0 Å². The molecular weight excluding hydrogens is 278 g/mol. The number of nitrogen functional groups attached to an aromatic ring is 1. The van der Waals surface area contributed by atoms with Crippen LogP contribution in [0.5, 0.6) is 0 Å². The average Bonchev–Trinajstić information content (AvgIpc) is 3.02. The van der Waals surface area contributed by atoms with Crippen LogP contribution in [-0.4, -0.2) is 18.3 Å². The number of ether oxygens (including phenoxy) is 1. The molecule has 0 bridgehead atoms. The zero-order chi connectivity index (χ0) is 13.2. The van der Waals surface area contributed by atoms with Gasteiger partial charge in [-0.25, -0.2) is 4.79 Å². The summed E-state index contributed by atoms with van der Waals surface area (Å²) in [7, 11) is 0. The summed E-state index contributed by atoms with van der Waals surface area (Å²) in [5.74, 6) is 0.931. The molecule has 1 atom stereocenters. The average molecular weight is 291 g/mol. The Bertz CT molecular complexity index is 609. The third-order valence-corrected chi connectivity index (χ3v) is 5.26. The summed E-state index contributed by atoms with van der Waals surface area (Å²) in [6.45, 7) is 0.417. The van der Waals surface area contributed by atoms with Crippen molar-refractivity contribution >= 4 is 34.8 Å². The van der Waals surface area contributed by atoms with Crippen LogP contribution >= 0.6 is 23.1 Å². The molecule has 2 aromatic rings. The van der Waals surface area contributed by atoms with E-state index in [0.29, 0.717) is 17.2 Å². The largest absolute Gasteiger partial charge is 0.461 e. The Morgan fingerprint density at radius 1 is 1.37 bits per heavy atom. The second-order valence-electron chi connectivity index (χ2n) is 4.35. The van der Waals surface area contributed by atoms with Crippen LogP contribution in [0.3, 0.4) is 0 Å².